The fourth-order valence-electron chi connectivity index (χ4n) is 6.12. The number of rotatable bonds is 14. The second kappa shape index (κ2) is 17.9. The number of nitrogens with one attached hydrogen (secondary N) is 4. The number of aromatic nitrogens is 1. The molecule has 2 amide bonds. The zero-order valence-corrected chi connectivity index (χ0v) is 31.4. The Morgan fingerprint density at radius 1 is 1.17 bits per heavy atom. The Kier molecular flexibility index (Phi) is 14.5. The largest absolute Gasteiger partial charge is 0.463 e. The third kappa shape index (κ3) is 10.8. The maximum atomic E-state index is 13.6. The quantitative estimate of drug-likeness (QED) is 0.0800. The van der Waals surface area contributed by atoms with Gasteiger partial charge in [-0.05, 0) is 78.4 Å². The van der Waals surface area contributed by atoms with E-state index in [2.05, 4.69) is 20.6 Å². The number of amidine groups is 1. The highest BCUT2D eigenvalue weighted by Crippen LogP contribution is 2.41. The minimum atomic E-state index is -2.19. The molecule has 0 radical (unpaired) electrons. The molecule has 0 bridgehead atoms. The number of carbonyl (C=O) groups is 4. The van der Waals surface area contributed by atoms with Crippen molar-refractivity contribution in [2.75, 3.05) is 13.2 Å². The number of aliphatic hydroxyl groups excluding tert-OH is 1. The summed E-state index contributed by atoms with van der Waals surface area (Å²) in [5.74, 6) is -2.36. The van der Waals surface area contributed by atoms with Crippen LogP contribution >= 0.6 is 0 Å². The minimum Gasteiger partial charge on any atom is -0.463 e. The van der Waals surface area contributed by atoms with E-state index >= 15 is 0 Å². The van der Waals surface area contributed by atoms with E-state index in [1.54, 1.807) is 55.4 Å². The van der Waals surface area contributed by atoms with Crippen molar-refractivity contribution in [1.82, 2.24) is 15.6 Å². The molecule has 1 aromatic rings. The topological polar surface area (TPSA) is 235 Å². The minimum absolute atomic E-state index is 0.00197. The molecule has 2 aliphatic rings. The number of ether oxygens (including phenoxy) is 5. The first kappa shape index (κ1) is 42.1. The summed E-state index contributed by atoms with van der Waals surface area (Å²) < 4.78 is 28.4. The van der Waals surface area contributed by atoms with Crippen LogP contribution < -0.4 is 10.6 Å². The number of alkyl carbamates (subject to hydrolysis) is 1. The van der Waals surface area contributed by atoms with Crippen LogP contribution in [-0.2, 0) is 43.7 Å². The number of amides is 2. The van der Waals surface area contributed by atoms with Crippen LogP contribution in [0.3, 0.4) is 0 Å². The molecule has 1 saturated heterocycles. The lowest BCUT2D eigenvalue weighted by atomic mass is 9.87. The monoisotopic (exact) mass is 730 g/mol. The molecule has 288 valence electrons. The molecule has 16 heteroatoms. The van der Waals surface area contributed by atoms with Crippen molar-refractivity contribution in [3.05, 3.63) is 23.5 Å². The molecule has 1 aliphatic carbocycles. The summed E-state index contributed by atoms with van der Waals surface area (Å²) >= 11 is 0. The molecule has 3 rings (SSSR count). The van der Waals surface area contributed by atoms with E-state index in [1.807, 2.05) is 6.07 Å². The number of carbonyl (C=O) groups excluding carboxylic acids is 4. The number of aromatic amines is 1. The summed E-state index contributed by atoms with van der Waals surface area (Å²) in [6.45, 7) is 13.1. The second-order valence-electron chi connectivity index (χ2n) is 14.9. The Balaban J connectivity index is 1.93. The first-order valence-corrected chi connectivity index (χ1v) is 17.7. The third-order valence-electron chi connectivity index (χ3n) is 8.85. The van der Waals surface area contributed by atoms with Crippen LogP contribution in [0.2, 0.25) is 0 Å². The molecule has 1 aliphatic heterocycles. The van der Waals surface area contributed by atoms with Gasteiger partial charge in [-0.2, -0.15) is 5.26 Å². The molecule has 16 nitrogen and oxygen atoms in total. The van der Waals surface area contributed by atoms with Gasteiger partial charge in [0.05, 0.1) is 11.4 Å². The molecule has 2 heterocycles. The van der Waals surface area contributed by atoms with E-state index in [9.17, 15) is 29.5 Å². The average molecular weight is 731 g/mol. The van der Waals surface area contributed by atoms with Crippen molar-refractivity contribution < 1.29 is 48.0 Å². The van der Waals surface area contributed by atoms with E-state index in [0.717, 1.165) is 32.1 Å². The Morgan fingerprint density at radius 2 is 1.85 bits per heavy atom. The molecule has 0 spiro atoms. The van der Waals surface area contributed by atoms with E-state index in [1.165, 1.54) is 12.1 Å². The summed E-state index contributed by atoms with van der Waals surface area (Å²) in [5.41, 5.74) is -4.12. The maximum absolute atomic E-state index is 13.6. The second-order valence-corrected chi connectivity index (χ2v) is 14.9. The van der Waals surface area contributed by atoms with Crippen LogP contribution in [0.1, 0.15) is 105 Å². The van der Waals surface area contributed by atoms with Crippen LogP contribution in [0.5, 0.6) is 0 Å². The molecule has 1 aromatic heterocycles. The van der Waals surface area contributed by atoms with Gasteiger partial charge in [0.2, 0.25) is 5.60 Å². The lowest BCUT2D eigenvalue weighted by Crippen LogP contribution is -2.50. The lowest BCUT2D eigenvalue weighted by molar-refractivity contribution is -0.163. The van der Waals surface area contributed by atoms with Crippen molar-refractivity contribution in [2.45, 2.75) is 135 Å². The highest BCUT2D eigenvalue weighted by Gasteiger charge is 2.59. The first-order valence-electron chi connectivity index (χ1n) is 17.7. The molecule has 5 N–H and O–H groups in total. The average Bonchev–Trinajstić information content (AvgIpc) is 3.65. The van der Waals surface area contributed by atoms with Crippen LogP contribution in [0.25, 0.3) is 0 Å². The van der Waals surface area contributed by atoms with Gasteiger partial charge in [-0.1, -0.05) is 33.1 Å². The number of hydrogen-bond donors (Lipinski definition) is 5. The highest BCUT2D eigenvalue weighted by molar-refractivity contribution is 6.10. The molecule has 52 heavy (non-hydrogen) atoms. The van der Waals surface area contributed by atoms with Gasteiger partial charge >= 0.3 is 18.0 Å². The maximum Gasteiger partial charge on any atom is 0.408 e. The lowest BCUT2D eigenvalue weighted by Gasteiger charge is -2.28. The number of nitriles is 1. The van der Waals surface area contributed by atoms with Crippen LogP contribution in [0.4, 0.5) is 4.79 Å². The number of aliphatic hydroxyl groups is 1. The Labute approximate surface area is 304 Å². The van der Waals surface area contributed by atoms with Gasteiger partial charge in [0.15, 0.2) is 11.9 Å². The Bertz CT molecular complexity index is 1500. The van der Waals surface area contributed by atoms with Gasteiger partial charge in [0, 0.05) is 13.0 Å². The van der Waals surface area contributed by atoms with E-state index < -0.39 is 77.6 Å². The molecular weight excluding hydrogens is 676 g/mol. The van der Waals surface area contributed by atoms with Crippen molar-refractivity contribution >= 4 is 36.1 Å². The number of H-pyrrole nitrogens is 1. The fraction of sp³-hybridized carbons (Fsp3) is 0.694. The summed E-state index contributed by atoms with van der Waals surface area (Å²) in [7, 11) is 0. The smallest absolute Gasteiger partial charge is 0.408 e. The zero-order valence-electron chi connectivity index (χ0n) is 31.4. The van der Waals surface area contributed by atoms with Gasteiger partial charge in [-0.25, -0.2) is 14.6 Å². The molecular formula is C36H54N6O10. The van der Waals surface area contributed by atoms with Crippen LogP contribution in [0.15, 0.2) is 17.1 Å². The number of esters is 2. The molecule has 0 aromatic carbocycles. The van der Waals surface area contributed by atoms with Crippen molar-refractivity contribution in [2.24, 2.45) is 16.8 Å². The van der Waals surface area contributed by atoms with Crippen LogP contribution in [0, 0.1) is 28.6 Å². The Hall–Kier alpha value is -4.33. The molecule has 2 fully saturated rings. The van der Waals surface area contributed by atoms with Gasteiger partial charge < -0.3 is 44.4 Å². The molecule has 1 saturated carbocycles. The van der Waals surface area contributed by atoms with Gasteiger partial charge in [-0.15, -0.1) is 0 Å². The van der Waals surface area contributed by atoms with Crippen molar-refractivity contribution in [3.63, 3.8) is 0 Å². The van der Waals surface area contributed by atoms with Gasteiger partial charge in [-0.3, -0.25) is 15.0 Å². The predicted molar refractivity (Wildman–Crippen MR) is 188 cm³/mol. The van der Waals surface area contributed by atoms with Gasteiger partial charge in [0.25, 0.3) is 5.91 Å². The molecule has 5 atom stereocenters. The summed E-state index contributed by atoms with van der Waals surface area (Å²) in [6.07, 6.45) is 0.382. The summed E-state index contributed by atoms with van der Waals surface area (Å²) in [6, 6.07) is 3.65. The third-order valence-corrected chi connectivity index (χ3v) is 8.85. The van der Waals surface area contributed by atoms with E-state index in [-0.39, 0.29) is 36.2 Å². The standard InChI is InChI=1S/C36H54N6O10/c1-9-49-35(7,8)32(46)42-30(39-20-38)23-15-16-25(40-23)36(19-37)29(44)28(24(51-36)18-48-26(43)17-22-13-11-10-12-14-22)50-31(45)27(21(2)3)41-33(47)52-34(4,5)6/h15-16,20-22,24,27-29,40,44H,9-14,17-18H2,1-8H3,(H,41,47)(H2,38,39,42,46)/t24-,27+,28-,29-,36+/m1/s1. The van der Waals surface area contributed by atoms with E-state index in [0.29, 0.717) is 6.34 Å². The fourth-order valence-corrected chi connectivity index (χ4v) is 6.12. The SMILES string of the molecule is CCOC(C)(C)C(=O)NC(=NC=N)c1ccc([C@]2(C#N)O[C@H](COC(=O)CC3CCCCC3)[C@@H](OC(=O)[C@@H](NC(=O)OC(C)(C)C)C(C)C)[C@H]2O)[nH]1. The number of aliphatic imine (C=N–C) groups is 1. The highest BCUT2D eigenvalue weighted by atomic mass is 16.6. The molecule has 0 unspecified atom stereocenters. The van der Waals surface area contributed by atoms with Crippen molar-refractivity contribution in [3.8, 4) is 6.07 Å². The first-order chi connectivity index (χ1) is 24.4. The van der Waals surface area contributed by atoms with Crippen molar-refractivity contribution in [1.29, 1.82) is 10.7 Å². The summed E-state index contributed by atoms with van der Waals surface area (Å²) in [5, 5.41) is 35.0. The Morgan fingerprint density at radius 3 is 2.42 bits per heavy atom. The normalized spacial score (nSPS) is 23.3. The van der Waals surface area contributed by atoms with Gasteiger partial charge in [0.1, 0.15) is 48.5 Å². The predicted octanol–water partition coefficient (Wildman–Crippen LogP) is 3.75. The van der Waals surface area contributed by atoms with E-state index in [4.69, 9.17) is 29.1 Å². The van der Waals surface area contributed by atoms with Crippen LogP contribution in [-0.4, -0.2) is 95.0 Å². The summed E-state index contributed by atoms with van der Waals surface area (Å²) in [4.78, 5) is 59.0. The number of nitrogens with zero attached hydrogens (tertiary/aromatic N) is 2. The number of hydrogen-bond acceptors (Lipinski definition) is 12. The zero-order chi connectivity index (χ0) is 38.9.